The summed E-state index contributed by atoms with van der Waals surface area (Å²) in [7, 11) is -17.6. The predicted molar refractivity (Wildman–Crippen MR) is 88.0 cm³/mol. The van der Waals surface area contributed by atoms with Gasteiger partial charge in [0, 0.05) is 0 Å². The van der Waals surface area contributed by atoms with Crippen LogP contribution >= 0.6 is 0 Å². The van der Waals surface area contributed by atoms with E-state index in [0.717, 1.165) is 0 Å². The summed E-state index contributed by atoms with van der Waals surface area (Å²) < 4.78 is 133. The molecule has 0 aromatic rings. The molecule has 0 radical (unpaired) electrons. The van der Waals surface area contributed by atoms with E-state index in [9.17, 15) is 49.1 Å². The van der Waals surface area contributed by atoms with E-state index in [2.05, 4.69) is 8.23 Å². The minimum absolute atomic E-state index is 0.157. The normalized spacial score (nSPS) is 23.9. The quantitative estimate of drug-likeness (QED) is 0.364. The molecule has 0 aliphatic rings. The maximum atomic E-state index is 14.4. The van der Waals surface area contributed by atoms with E-state index in [4.69, 9.17) is 0 Å². The van der Waals surface area contributed by atoms with Crippen molar-refractivity contribution in [2.24, 2.45) is 0 Å². The fourth-order valence-electron chi connectivity index (χ4n) is 2.15. The van der Waals surface area contributed by atoms with Crippen molar-refractivity contribution < 1.29 is 57.3 Å². The number of rotatable bonds is 10. The molecule has 0 aromatic carbocycles. The lowest BCUT2D eigenvalue weighted by atomic mass is 10.5. The zero-order chi connectivity index (χ0) is 23.1. The van der Waals surface area contributed by atoms with Gasteiger partial charge in [0.1, 0.15) is 0 Å². The Labute approximate surface area is 159 Å². The second kappa shape index (κ2) is 8.18. The van der Waals surface area contributed by atoms with E-state index in [1.165, 1.54) is 0 Å². The lowest BCUT2D eigenvalue weighted by Crippen LogP contribution is -2.74. The van der Waals surface area contributed by atoms with Crippen molar-refractivity contribution >= 4 is 25.7 Å². The Hall–Kier alpha value is -0.139. The van der Waals surface area contributed by atoms with Crippen LogP contribution in [0.3, 0.4) is 0 Å². The van der Waals surface area contributed by atoms with E-state index in [1.54, 1.807) is 0 Å². The van der Waals surface area contributed by atoms with Crippen molar-refractivity contribution in [3.63, 3.8) is 0 Å². The van der Waals surface area contributed by atoms with Crippen molar-refractivity contribution in [2.75, 3.05) is 0 Å². The van der Waals surface area contributed by atoms with Crippen LogP contribution in [-0.2, 0) is 8.23 Å². The van der Waals surface area contributed by atoms with Crippen LogP contribution < -0.4 is 0 Å². The van der Waals surface area contributed by atoms with Crippen LogP contribution in [0.2, 0.25) is 19.6 Å². The summed E-state index contributed by atoms with van der Waals surface area (Å²) in [5.74, 6) is 0. The molecule has 5 atom stereocenters. The summed E-state index contributed by atoms with van der Waals surface area (Å²) in [4.78, 5) is 19.8. The molecule has 0 spiro atoms. The van der Waals surface area contributed by atoms with Crippen molar-refractivity contribution in [3.8, 4) is 0 Å². The Balaban J connectivity index is 6.38. The van der Waals surface area contributed by atoms with E-state index in [0.29, 0.717) is 0 Å². The molecule has 2 N–H and O–H groups in total. The molecule has 0 amide bonds. The molecular weight excluding hydrogens is 463 g/mol. The van der Waals surface area contributed by atoms with E-state index >= 15 is 0 Å². The highest BCUT2D eigenvalue weighted by Crippen LogP contribution is 2.43. The molecule has 0 aliphatic heterocycles. The topological polar surface area (TPSA) is 58.9 Å². The van der Waals surface area contributed by atoms with Gasteiger partial charge in [0.25, 0.3) is 0 Å². The summed E-state index contributed by atoms with van der Waals surface area (Å²) in [5, 5.41) is 0. The summed E-state index contributed by atoms with van der Waals surface area (Å²) in [6, 6.07) is 0. The first-order valence-electron chi connectivity index (χ1n) is 7.90. The fourth-order valence-corrected chi connectivity index (χ4v) is 13.1. The van der Waals surface area contributed by atoms with Gasteiger partial charge in [-0.3, -0.25) is 0 Å². The van der Waals surface area contributed by atoms with E-state index in [1.807, 2.05) is 0 Å². The van der Waals surface area contributed by atoms with Gasteiger partial charge in [0.05, 0.1) is 0 Å². The lowest BCUT2D eigenvalue weighted by molar-refractivity contribution is -0.0584. The zero-order valence-electron chi connectivity index (χ0n) is 15.8. The van der Waals surface area contributed by atoms with Crippen LogP contribution in [0, 0.1) is 0 Å². The minimum atomic E-state index is -6.00. The van der Waals surface area contributed by atoms with E-state index in [-0.39, 0.29) is 40.4 Å². The lowest BCUT2D eigenvalue weighted by Gasteiger charge is -2.45. The van der Waals surface area contributed by atoms with Crippen molar-refractivity contribution in [1.82, 2.24) is 0 Å². The molecule has 5 unspecified atom stereocenters. The first-order valence-corrected chi connectivity index (χ1v) is 14.9. The van der Waals surface area contributed by atoms with E-state index < -0.39 is 60.8 Å². The Morgan fingerprint density at radius 2 is 0.821 bits per heavy atom. The van der Waals surface area contributed by atoms with Gasteiger partial charge in [-0.2, -0.15) is 0 Å². The summed E-state index contributed by atoms with van der Waals surface area (Å²) in [6.45, 7) is 1.32. The highest BCUT2D eigenvalue weighted by atomic mass is 28.5. The first kappa shape index (κ1) is 27.9. The zero-order valence-corrected chi connectivity index (χ0v) is 18.8. The van der Waals surface area contributed by atoms with Crippen molar-refractivity contribution in [1.29, 1.82) is 0 Å². The third kappa shape index (κ3) is 4.94. The molecule has 0 bridgehead atoms. The van der Waals surface area contributed by atoms with Crippen LogP contribution in [-0.4, -0.2) is 70.4 Å². The van der Waals surface area contributed by atoms with Crippen LogP contribution in [0.15, 0.2) is 0 Å². The molecular formula is C12H23F9O4Si3. The van der Waals surface area contributed by atoms with Gasteiger partial charge in [-0.25, -0.2) is 39.5 Å². The first-order chi connectivity index (χ1) is 12.0. The maximum Gasteiger partial charge on any atom is 0.403 e. The largest absolute Gasteiger partial charge is 0.408 e. The summed E-state index contributed by atoms with van der Waals surface area (Å²) >= 11 is 0. The maximum absolute atomic E-state index is 14.4. The van der Waals surface area contributed by atoms with Crippen LogP contribution in [0.25, 0.3) is 0 Å². The predicted octanol–water partition coefficient (Wildman–Crippen LogP) is 3.82. The van der Waals surface area contributed by atoms with Gasteiger partial charge in [-0.15, -0.1) is 0 Å². The molecule has 0 aliphatic carbocycles. The number of alkyl halides is 9. The standard InChI is InChI=1S/C12H23F9O4Si3/c1-7(13)10(16,17)26(4,22)24-28(6,12(20,21)9(3)15)25-27(5,23)11(18,19)8(2)14/h7-9,22-23H,1-6H3. The smallest absolute Gasteiger partial charge is 0.403 e. The van der Waals surface area contributed by atoms with Crippen LogP contribution in [0.1, 0.15) is 20.8 Å². The molecule has 0 aromatic heterocycles. The average Bonchev–Trinajstić information content (AvgIpc) is 2.44. The second-order valence-corrected chi connectivity index (χ2v) is 16.3. The molecule has 170 valence electrons. The third-order valence-corrected chi connectivity index (χ3v) is 15.3. The van der Waals surface area contributed by atoms with Gasteiger partial charge in [-0.05, 0) is 40.4 Å². The number of hydrogen-bond acceptors (Lipinski definition) is 4. The molecule has 0 heterocycles. The second-order valence-electron chi connectivity index (χ2n) is 6.83. The highest BCUT2D eigenvalue weighted by molar-refractivity contribution is 6.87. The summed E-state index contributed by atoms with van der Waals surface area (Å²) in [5.41, 5.74) is -14.3. The van der Waals surface area contributed by atoms with Crippen molar-refractivity contribution in [3.05, 3.63) is 0 Å². The molecule has 0 fully saturated rings. The monoisotopic (exact) mass is 486 g/mol. The van der Waals surface area contributed by atoms with Gasteiger partial charge < -0.3 is 17.8 Å². The van der Waals surface area contributed by atoms with Gasteiger partial charge in [0.15, 0.2) is 18.5 Å². The third-order valence-electron chi connectivity index (χ3n) is 4.13. The minimum Gasteiger partial charge on any atom is -0.408 e. The Morgan fingerprint density at radius 1 is 0.607 bits per heavy atom. The molecule has 4 nitrogen and oxygen atoms in total. The molecule has 0 saturated heterocycles. The van der Waals surface area contributed by atoms with Crippen LogP contribution in [0.4, 0.5) is 39.5 Å². The van der Waals surface area contributed by atoms with Crippen molar-refractivity contribution in [2.45, 2.75) is 75.6 Å². The van der Waals surface area contributed by atoms with Gasteiger partial charge in [-0.1, -0.05) is 0 Å². The molecule has 0 rings (SSSR count). The van der Waals surface area contributed by atoms with Gasteiger partial charge in [0.2, 0.25) is 0 Å². The summed E-state index contributed by atoms with van der Waals surface area (Å²) in [6.07, 6.45) is -9.42. The Bertz CT molecular complexity index is 510. The van der Waals surface area contributed by atoms with Gasteiger partial charge >= 0.3 is 42.3 Å². The number of hydrogen-bond donors (Lipinski definition) is 2. The highest BCUT2D eigenvalue weighted by Gasteiger charge is 2.73. The SMILES string of the molecule is CC(F)C(F)(F)[Si](C)(O)O[Si](C)(O[Si](C)(O)C(F)(F)C(C)F)C(F)(F)C(C)F. The van der Waals surface area contributed by atoms with Crippen LogP contribution in [0.5, 0.6) is 0 Å². The fraction of sp³-hybridized carbons (Fsp3) is 1.00. The average molecular weight is 487 g/mol. The Kier molecular flexibility index (Phi) is 8.14. The number of halogens is 9. The molecule has 28 heavy (non-hydrogen) atoms. The molecule has 0 saturated carbocycles. The molecule has 16 heteroatoms. The Morgan fingerprint density at radius 3 is 1.00 bits per heavy atom.